The van der Waals surface area contributed by atoms with Gasteiger partial charge < -0.3 is 34.9 Å². The van der Waals surface area contributed by atoms with Crippen molar-refractivity contribution in [1.82, 2.24) is 20.1 Å². The zero-order valence-corrected chi connectivity index (χ0v) is 22.3. The predicted octanol–water partition coefficient (Wildman–Crippen LogP) is 0.573. The number of anilines is 1. The van der Waals surface area contributed by atoms with E-state index in [4.69, 9.17) is 36.3 Å². The molecule has 0 aromatic carbocycles. The third kappa shape index (κ3) is 7.67. The lowest BCUT2D eigenvalue weighted by molar-refractivity contribution is -0.153. The van der Waals surface area contributed by atoms with E-state index in [1.54, 1.807) is 19.1 Å². The lowest BCUT2D eigenvalue weighted by atomic mass is 9.97. The Hall–Kier alpha value is -2.67. The van der Waals surface area contributed by atoms with Crippen LogP contribution in [0.1, 0.15) is 29.6 Å². The van der Waals surface area contributed by atoms with Crippen molar-refractivity contribution in [3.63, 3.8) is 0 Å². The number of piperidine rings is 2. The van der Waals surface area contributed by atoms with Gasteiger partial charge in [0.2, 0.25) is 11.8 Å². The van der Waals surface area contributed by atoms with Gasteiger partial charge in [0.05, 0.1) is 43.3 Å². The molecule has 3 N–H and O–H groups in total. The molecule has 2 aliphatic heterocycles. The summed E-state index contributed by atoms with van der Waals surface area (Å²) < 4.78 is 20.9. The minimum Gasteiger partial charge on any atom is -0.480 e. The molecule has 0 saturated carbocycles. The maximum atomic E-state index is 12.9. The van der Waals surface area contributed by atoms with Crippen molar-refractivity contribution in [2.45, 2.75) is 31.4 Å². The molecule has 0 unspecified atom stereocenters. The summed E-state index contributed by atoms with van der Waals surface area (Å²) in [4.78, 5) is 45.8. The van der Waals surface area contributed by atoms with Gasteiger partial charge in [0, 0.05) is 40.4 Å². The largest absolute Gasteiger partial charge is 0.480 e. The molecule has 2 aliphatic rings. The van der Waals surface area contributed by atoms with Crippen LogP contribution in [0.4, 0.5) is 5.82 Å². The van der Waals surface area contributed by atoms with E-state index in [0.29, 0.717) is 52.0 Å². The number of aromatic nitrogens is 1. The Balaban J connectivity index is 1.49. The molecule has 0 aliphatic carbocycles. The van der Waals surface area contributed by atoms with E-state index < -0.39 is 5.91 Å². The second-order valence-electron chi connectivity index (χ2n) is 9.11. The highest BCUT2D eigenvalue weighted by molar-refractivity contribution is 6.33. The van der Waals surface area contributed by atoms with Gasteiger partial charge in [-0.2, -0.15) is 4.98 Å². The number of rotatable bonds is 10. The molecule has 2 atom stereocenters. The second-order valence-corrected chi connectivity index (χ2v) is 9.51. The number of likely N-dealkylation sites (tertiary alicyclic amines) is 2. The average Bonchev–Trinajstić information content (AvgIpc) is 2.90. The number of carbonyl (C=O) groups is 3. The highest BCUT2D eigenvalue weighted by Crippen LogP contribution is 2.26. The van der Waals surface area contributed by atoms with Crippen LogP contribution in [0.5, 0.6) is 5.88 Å². The molecule has 1 aromatic heterocycles. The number of nitrogens with zero attached hydrogens (tertiary/aromatic N) is 3. The van der Waals surface area contributed by atoms with Crippen molar-refractivity contribution in [3.05, 3.63) is 16.7 Å². The molecular formula is C24H36ClN5O7. The number of hydrogen-bond donors (Lipinski definition) is 2. The van der Waals surface area contributed by atoms with Crippen LogP contribution in [0.25, 0.3) is 0 Å². The zero-order chi connectivity index (χ0) is 26.9. The van der Waals surface area contributed by atoms with Crippen molar-refractivity contribution >= 4 is 35.2 Å². The summed E-state index contributed by atoms with van der Waals surface area (Å²) in [7, 11) is 4.53. The summed E-state index contributed by atoms with van der Waals surface area (Å²) in [5.74, 6) is -0.645. The van der Waals surface area contributed by atoms with Gasteiger partial charge >= 0.3 is 5.97 Å². The number of pyridine rings is 1. The van der Waals surface area contributed by atoms with E-state index in [2.05, 4.69) is 10.3 Å². The molecule has 0 radical (unpaired) electrons. The monoisotopic (exact) mass is 541 g/mol. The first-order valence-electron chi connectivity index (χ1n) is 12.3. The van der Waals surface area contributed by atoms with Gasteiger partial charge in [-0.15, -0.1) is 0 Å². The van der Waals surface area contributed by atoms with Crippen LogP contribution in [0.3, 0.4) is 0 Å². The molecule has 2 saturated heterocycles. The number of amides is 2. The summed E-state index contributed by atoms with van der Waals surface area (Å²) in [6, 6.07) is 1.15. The fraction of sp³-hybridized carbons (Fsp3) is 0.667. The fourth-order valence-corrected chi connectivity index (χ4v) is 4.73. The summed E-state index contributed by atoms with van der Waals surface area (Å²) in [5, 5.41) is 3.13. The van der Waals surface area contributed by atoms with Crippen LogP contribution in [0.2, 0.25) is 5.02 Å². The lowest BCUT2D eigenvalue weighted by Crippen LogP contribution is -2.56. The van der Waals surface area contributed by atoms with Crippen LogP contribution in [0.15, 0.2) is 6.07 Å². The minimum absolute atomic E-state index is 0.0101. The summed E-state index contributed by atoms with van der Waals surface area (Å²) >= 11 is 6.05. The molecule has 2 amide bonds. The number of esters is 1. The average molecular weight is 542 g/mol. The SMILES string of the molecule is COCCOC(=O)C1CCN(C(=O)CN2CC[C@H](NC(=O)c3cc(Cl)c(N)nc3OC)[C@H](OC)C2)CC1. The molecule has 3 heterocycles. The summed E-state index contributed by atoms with van der Waals surface area (Å²) in [6.45, 7) is 2.97. The van der Waals surface area contributed by atoms with Gasteiger partial charge in [-0.1, -0.05) is 11.6 Å². The Morgan fingerprint density at radius 3 is 2.51 bits per heavy atom. The van der Waals surface area contributed by atoms with Crippen molar-refractivity contribution in [2.24, 2.45) is 5.92 Å². The summed E-state index contributed by atoms with van der Waals surface area (Å²) in [5.41, 5.74) is 5.89. The third-order valence-corrected chi connectivity index (χ3v) is 7.04. The van der Waals surface area contributed by atoms with E-state index in [-0.39, 0.29) is 65.4 Å². The smallest absolute Gasteiger partial charge is 0.309 e. The Kier molecular flexibility index (Phi) is 10.7. The fourth-order valence-electron chi connectivity index (χ4n) is 4.58. The molecule has 13 heteroatoms. The topological polar surface area (TPSA) is 146 Å². The number of nitrogens with two attached hydrogens (primary N) is 1. The Bertz CT molecular complexity index is 958. The van der Waals surface area contributed by atoms with Gasteiger partial charge in [-0.25, -0.2) is 0 Å². The molecule has 2 fully saturated rings. The van der Waals surface area contributed by atoms with Crippen LogP contribution in [0, 0.1) is 5.92 Å². The molecule has 37 heavy (non-hydrogen) atoms. The molecular weight excluding hydrogens is 506 g/mol. The first kappa shape index (κ1) is 28.9. The maximum absolute atomic E-state index is 12.9. The van der Waals surface area contributed by atoms with E-state index in [0.717, 1.165) is 0 Å². The Morgan fingerprint density at radius 2 is 1.86 bits per heavy atom. The van der Waals surface area contributed by atoms with Crippen LogP contribution < -0.4 is 15.8 Å². The number of carbonyl (C=O) groups excluding carboxylic acids is 3. The van der Waals surface area contributed by atoms with Crippen molar-refractivity contribution < 1.29 is 33.3 Å². The number of halogens is 1. The van der Waals surface area contributed by atoms with E-state index >= 15 is 0 Å². The first-order chi connectivity index (χ1) is 17.8. The van der Waals surface area contributed by atoms with E-state index in [9.17, 15) is 14.4 Å². The molecule has 3 rings (SSSR count). The lowest BCUT2D eigenvalue weighted by Gasteiger charge is -2.39. The van der Waals surface area contributed by atoms with Crippen LogP contribution in [-0.4, -0.2) is 112 Å². The van der Waals surface area contributed by atoms with Crippen LogP contribution >= 0.6 is 11.6 Å². The number of nitrogens with one attached hydrogen (secondary N) is 1. The highest BCUT2D eigenvalue weighted by Gasteiger charge is 2.34. The second kappa shape index (κ2) is 13.8. The number of hydrogen-bond acceptors (Lipinski definition) is 10. The molecule has 206 valence electrons. The van der Waals surface area contributed by atoms with E-state index in [1.165, 1.54) is 13.2 Å². The Morgan fingerprint density at radius 1 is 1.14 bits per heavy atom. The van der Waals surface area contributed by atoms with Gasteiger partial charge in [-0.3, -0.25) is 19.3 Å². The quantitative estimate of drug-likeness (QED) is 0.318. The van der Waals surface area contributed by atoms with Gasteiger partial charge in [-0.05, 0) is 25.3 Å². The minimum atomic E-state index is -0.397. The predicted molar refractivity (Wildman–Crippen MR) is 135 cm³/mol. The zero-order valence-electron chi connectivity index (χ0n) is 21.5. The molecule has 0 spiro atoms. The normalized spacial score (nSPS) is 20.9. The van der Waals surface area contributed by atoms with Crippen molar-refractivity contribution in [3.8, 4) is 5.88 Å². The third-order valence-electron chi connectivity index (χ3n) is 6.74. The molecule has 1 aromatic rings. The standard InChI is InChI=1S/C24H36ClN5O7/c1-34-10-11-37-24(33)15-4-8-30(9-5-15)20(31)14-29-7-6-18(19(13-29)35-2)27-22(32)16-12-17(25)21(26)28-23(16)36-3/h12,15,18-19H,4-11,13-14H2,1-3H3,(H2,26,28)(H,27,32)/t18-,19+/m0/s1. The van der Waals surface area contributed by atoms with Gasteiger partial charge in [0.1, 0.15) is 18.0 Å². The summed E-state index contributed by atoms with van der Waals surface area (Å²) in [6.07, 6.45) is 1.44. The molecule has 12 nitrogen and oxygen atoms in total. The van der Waals surface area contributed by atoms with Crippen molar-refractivity contribution in [1.29, 1.82) is 0 Å². The van der Waals surface area contributed by atoms with Gasteiger partial charge in [0.15, 0.2) is 0 Å². The highest BCUT2D eigenvalue weighted by atomic mass is 35.5. The number of methoxy groups -OCH3 is 3. The maximum Gasteiger partial charge on any atom is 0.309 e. The van der Waals surface area contributed by atoms with Crippen molar-refractivity contribution in [2.75, 3.05) is 73.0 Å². The number of nitrogen functional groups attached to an aromatic ring is 1. The first-order valence-corrected chi connectivity index (χ1v) is 12.6. The van der Waals surface area contributed by atoms with Crippen LogP contribution in [-0.2, 0) is 23.8 Å². The van der Waals surface area contributed by atoms with E-state index in [1.807, 2.05) is 4.90 Å². The molecule has 0 bridgehead atoms. The number of ether oxygens (including phenoxy) is 4. The van der Waals surface area contributed by atoms with Gasteiger partial charge in [0.25, 0.3) is 5.91 Å². The Labute approximate surface area is 221 Å².